The summed E-state index contributed by atoms with van der Waals surface area (Å²) in [6, 6.07) is -0.0875. The average Bonchev–Trinajstić information content (AvgIpc) is 2.92. The fourth-order valence-corrected chi connectivity index (χ4v) is 2.85. The van der Waals surface area contributed by atoms with Gasteiger partial charge in [0.1, 0.15) is 28.4 Å². The molecule has 13 heteroatoms. The molecule has 0 amide bonds. The van der Waals surface area contributed by atoms with E-state index in [4.69, 9.17) is 0 Å². The first-order chi connectivity index (χ1) is 14.3. The van der Waals surface area contributed by atoms with E-state index in [1.165, 1.54) is 0 Å². The molecule has 1 heterocycles. The van der Waals surface area contributed by atoms with E-state index in [1.807, 2.05) is 5.10 Å². The molecule has 0 radical (unpaired) electrons. The Morgan fingerprint density at radius 2 is 1.35 bits per heavy atom. The Bertz CT molecular complexity index is 1240. The monoisotopic (exact) mass is 454 g/mol. The van der Waals surface area contributed by atoms with Gasteiger partial charge in [0.25, 0.3) is 5.56 Å². The minimum Gasteiger partial charge on any atom is -0.294 e. The third-order valence-corrected chi connectivity index (χ3v) is 4.20. The van der Waals surface area contributed by atoms with E-state index in [0.717, 1.165) is 6.92 Å². The van der Waals surface area contributed by atoms with Crippen molar-refractivity contribution in [1.82, 2.24) is 9.78 Å². The van der Waals surface area contributed by atoms with Gasteiger partial charge in [0.2, 0.25) is 5.78 Å². The maximum atomic E-state index is 14.0. The number of hydrogen-bond donors (Lipinski definition) is 1. The molecule has 0 spiro atoms. The van der Waals surface area contributed by atoms with Crippen LogP contribution < -0.4 is 5.56 Å². The molecule has 3 rings (SSSR count). The molecule has 3 aromatic rings. The van der Waals surface area contributed by atoms with Crippen LogP contribution in [0.1, 0.15) is 27.2 Å². The standard InChI is InChI=1S/C18H7F9N2O2/c1-5-11(16(30)6-2-7(19)12(8(20)3-6)18(25,26)27)17(31)29(28-5)15-13(23)9(21)4-10(22)14(15)24/h2-4,28H,1H3. The van der Waals surface area contributed by atoms with Crippen LogP contribution in [0, 0.1) is 41.8 Å². The number of aryl methyl sites for hydroxylation is 1. The maximum absolute atomic E-state index is 14.0. The number of aromatic amines is 1. The molecule has 0 unspecified atom stereocenters. The highest BCUT2D eigenvalue weighted by molar-refractivity contribution is 6.09. The maximum Gasteiger partial charge on any atom is 0.422 e. The molecule has 4 nitrogen and oxygen atoms in total. The molecule has 0 saturated carbocycles. The zero-order valence-electron chi connectivity index (χ0n) is 14.9. The zero-order chi connectivity index (χ0) is 23.4. The number of aromatic nitrogens is 2. The Hall–Kier alpha value is -3.51. The van der Waals surface area contributed by atoms with Crippen LogP contribution in [0.3, 0.4) is 0 Å². The highest BCUT2D eigenvalue weighted by Crippen LogP contribution is 2.34. The van der Waals surface area contributed by atoms with Crippen molar-refractivity contribution in [3.63, 3.8) is 0 Å². The molecule has 0 aliphatic heterocycles. The predicted octanol–water partition coefficient (Wildman–Crippen LogP) is 4.56. The number of alkyl halides is 3. The molecular formula is C18H7F9N2O2. The van der Waals surface area contributed by atoms with Gasteiger partial charge in [-0.1, -0.05) is 0 Å². The van der Waals surface area contributed by atoms with Crippen molar-refractivity contribution >= 4 is 5.78 Å². The summed E-state index contributed by atoms with van der Waals surface area (Å²) in [4.78, 5) is 25.0. The number of hydrogen-bond acceptors (Lipinski definition) is 2. The molecular weight excluding hydrogens is 447 g/mol. The lowest BCUT2D eigenvalue weighted by Gasteiger charge is -2.10. The molecule has 0 fully saturated rings. The summed E-state index contributed by atoms with van der Waals surface area (Å²) < 4.78 is 120. The van der Waals surface area contributed by atoms with Crippen molar-refractivity contribution in [3.8, 4) is 5.69 Å². The second kappa shape index (κ2) is 7.32. The lowest BCUT2D eigenvalue weighted by molar-refractivity contribution is -0.142. The summed E-state index contributed by atoms with van der Waals surface area (Å²) in [6.45, 7) is 0.993. The fraction of sp³-hybridized carbons (Fsp3) is 0.111. The molecule has 1 aromatic heterocycles. The number of rotatable bonds is 3. The number of nitrogens with zero attached hydrogens (tertiary/aromatic N) is 1. The number of nitrogens with one attached hydrogen (secondary N) is 1. The summed E-state index contributed by atoms with van der Waals surface area (Å²) in [5.74, 6) is -13.5. The minimum atomic E-state index is -5.41. The molecule has 0 atom stereocenters. The Kier molecular flexibility index (Phi) is 5.24. The Morgan fingerprint density at radius 1 is 0.871 bits per heavy atom. The van der Waals surface area contributed by atoms with Crippen LogP contribution in [0.25, 0.3) is 5.69 Å². The fourth-order valence-electron chi connectivity index (χ4n) is 2.85. The van der Waals surface area contributed by atoms with Gasteiger partial charge >= 0.3 is 6.18 Å². The van der Waals surface area contributed by atoms with Gasteiger partial charge in [0.15, 0.2) is 23.3 Å². The van der Waals surface area contributed by atoms with Crippen molar-refractivity contribution in [1.29, 1.82) is 0 Å². The summed E-state index contributed by atoms with van der Waals surface area (Å²) in [5.41, 5.74) is -7.87. The van der Waals surface area contributed by atoms with E-state index >= 15 is 0 Å². The quantitative estimate of drug-likeness (QED) is 0.359. The number of H-pyrrole nitrogens is 1. The second-order valence-corrected chi connectivity index (χ2v) is 6.21. The van der Waals surface area contributed by atoms with E-state index < -0.39 is 80.5 Å². The van der Waals surface area contributed by atoms with Gasteiger partial charge in [0.05, 0.1) is 0 Å². The molecule has 31 heavy (non-hydrogen) atoms. The van der Waals surface area contributed by atoms with Crippen LogP contribution in [0.2, 0.25) is 0 Å². The normalized spacial score (nSPS) is 11.8. The lowest BCUT2D eigenvalue weighted by Crippen LogP contribution is -2.23. The average molecular weight is 454 g/mol. The molecule has 1 N–H and O–H groups in total. The molecule has 0 aliphatic rings. The molecule has 0 saturated heterocycles. The smallest absolute Gasteiger partial charge is 0.294 e. The van der Waals surface area contributed by atoms with E-state index in [-0.39, 0.29) is 22.9 Å². The van der Waals surface area contributed by atoms with Crippen molar-refractivity contribution in [2.45, 2.75) is 13.1 Å². The van der Waals surface area contributed by atoms with Gasteiger partial charge in [-0.2, -0.15) is 13.2 Å². The van der Waals surface area contributed by atoms with Crippen molar-refractivity contribution in [2.75, 3.05) is 0 Å². The van der Waals surface area contributed by atoms with Gasteiger partial charge in [-0.25, -0.2) is 31.0 Å². The van der Waals surface area contributed by atoms with Crippen LogP contribution >= 0.6 is 0 Å². The zero-order valence-corrected chi connectivity index (χ0v) is 14.9. The number of ketones is 1. The van der Waals surface area contributed by atoms with E-state index in [1.54, 1.807) is 0 Å². The molecule has 0 bridgehead atoms. The minimum absolute atomic E-state index is 0.0213. The van der Waals surface area contributed by atoms with E-state index in [0.29, 0.717) is 0 Å². The summed E-state index contributed by atoms with van der Waals surface area (Å²) in [7, 11) is 0. The molecule has 2 aromatic carbocycles. The lowest BCUT2D eigenvalue weighted by atomic mass is 10.0. The van der Waals surface area contributed by atoms with E-state index in [2.05, 4.69) is 0 Å². The SMILES string of the molecule is Cc1[nH]n(-c2c(F)c(F)cc(F)c2F)c(=O)c1C(=O)c1cc(F)c(C(F)(F)F)c(F)c1. The van der Waals surface area contributed by atoms with Crippen LogP contribution in [0.15, 0.2) is 23.0 Å². The molecule has 164 valence electrons. The predicted molar refractivity (Wildman–Crippen MR) is 85.8 cm³/mol. The summed E-state index contributed by atoms with van der Waals surface area (Å²) >= 11 is 0. The van der Waals surface area contributed by atoms with Crippen molar-refractivity contribution < 1.29 is 44.3 Å². The Labute approximate surface area is 165 Å². The Balaban J connectivity index is 2.20. The van der Waals surface area contributed by atoms with Crippen LogP contribution in [-0.2, 0) is 6.18 Å². The third-order valence-electron chi connectivity index (χ3n) is 4.20. The number of carbonyl (C=O) groups is 1. The Morgan fingerprint density at radius 3 is 1.81 bits per heavy atom. The van der Waals surface area contributed by atoms with Crippen LogP contribution in [0.4, 0.5) is 39.5 Å². The summed E-state index contributed by atoms with van der Waals surface area (Å²) in [5, 5.41) is 1.98. The van der Waals surface area contributed by atoms with Crippen LogP contribution in [0.5, 0.6) is 0 Å². The van der Waals surface area contributed by atoms with Crippen molar-refractivity contribution in [3.05, 3.63) is 85.8 Å². The van der Waals surface area contributed by atoms with Gasteiger partial charge in [-0.15, -0.1) is 0 Å². The first-order valence-electron chi connectivity index (χ1n) is 8.01. The largest absolute Gasteiger partial charge is 0.422 e. The number of halogens is 9. The topological polar surface area (TPSA) is 54.9 Å². The number of benzene rings is 2. The van der Waals surface area contributed by atoms with Crippen molar-refractivity contribution in [2.24, 2.45) is 0 Å². The first-order valence-corrected chi connectivity index (χ1v) is 8.01. The summed E-state index contributed by atoms with van der Waals surface area (Å²) in [6.07, 6.45) is -5.41. The molecule has 0 aliphatic carbocycles. The first kappa shape index (κ1) is 22.2. The van der Waals surface area contributed by atoms with Gasteiger partial charge in [0, 0.05) is 17.3 Å². The highest BCUT2D eigenvalue weighted by atomic mass is 19.4. The van der Waals surface area contributed by atoms with Gasteiger partial charge < -0.3 is 0 Å². The van der Waals surface area contributed by atoms with Gasteiger partial charge in [-0.05, 0) is 19.1 Å². The number of carbonyl (C=O) groups excluding carboxylic acids is 1. The van der Waals surface area contributed by atoms with Gasteiger partial charge in [-0.3, -0.25) is 14.7 Å². The van der Waals surface area contributed by atoms with Crippen LogP contribution in [-0.4, -0.2) is 15.6 Å². The highest BCUT2D eigenvalue weighted by Gasteiger charge is 2.38. The third kappa shape index (κ3) is 3.59. The van der Waals surface area contributed by atoms with E-state index in [9.17, 15) is 49.1 Å². The second-order valence-electron chi connectivity index (χ2n) is 6.21.